The summed E-state index contributed by atoms with van der Waals surface area (Å²) < 4.78 is 15.4. The predicted octanol–water partition coefficient (Wildman–Crippen LogP) is 2.47. The van der Waals surface area contributed by atoms with Crippen LogP contribution >= 0.6 is 0 Å². The van der Waals surface area contributed by atoms with E-state index in [0.29, 0.717) is 5.56 Å². The summed E-state index contributed by atoms with van der Waals surface area (Å²) in [6.07, 6.45) is 3.96. The van der Waals surface area contributed by atoms with Crippen molar-refractivity contribution in [2.45, 2.75) is 6.10 Å². The Morgan fingerprint density at radius 3 is 2.83 bits per heavy atom. The monoisotopic (exact) mass is 325 g/mol. The number of carbonyl (C=O) groups excluding carboxylic acids is 1. The predicted molar refractivity (Wildman–Crippen MR) is 87.3 cm³/mol. The van der Waals surface area contributed by atoms with Gasteiger partial charge in [0.05, 0.1) is 12.4 Å². The van der Waals surface area contributed by atoms with E-state index in [0.717, 1.165) is 5.69 Å². The van der Waals surface area contributed by atoms with E-state index in [2.05, 4.69) is 10.3 Å². The van der Waals surface area contributed by atoms with E-state index >= 15 is 0 Å². The molecule has 1 aromatic heterocycles. The lowest BCUT2D eigenvalue weighted by molar-refractivity contribution is 0.0914. The first-order chi connectivity index (χ1) is 11.6. The molecular weight excluding hydrogens is 309 g/mol. The summed E-state index contributed by atoms with van der Waals surface area (Å²) in [5.74, 6) is -0.839. The Bertz CT molecular complexity index is 834. The van der Waals surface area contributed by atoms with Crippen molar-refractivity contribution in [3.8, 4) is 5.69 Å². The van der Waals surface area contributed by atoms with E-state index in [1.54, 1.807) is 53.6 Å². The molecule has 122 valence electrons. The van der Waals surface area contributed by atoms with Crippen LogP contribution < -0.4 is 5.32 Å². The second kappa shape index (κ2) is 7.06. The van der Waals surface area contributed by atoms with Crippen molar-refractivity contribution in [1.82, 2.24) is 14.9 Å². The minimum absolute atomic E-state index is 0.0743. The number of benzene rings is 2. The van der Waals surface area contributed by atoms with E-state index in [9.17, 15) is 14.3 Å². The molecule has 2 aromatic carbocycles. The molecule has 0 radical (unpaired) electrons. The number of amides is 1. The van der Waals surface area contributed by atoms with Gasteiger partial charge in [-0.2, -0.15) is 0 Å². The van der Waals surface area contributed by atoms with E-state index in [1.807, 2.05) is 6.07 Å². The van der Waals surface area contributed by atoms with Crippen LogP contribution in [0.5, 0.6) is 0 Å². The molecule has 0 saturated heterocycles. The molecule has 1 unspecified atom stereocenters. The lowest BCUT2D eigenvalue weighted by Gasteiger charge is -2.13. The van der Waals surface area contributed by atoms with Crippen molar-refractivity contribution in [2.75, 3.05) is 6.54 Å². The zero-order chi connectivity index (χ0) is 16.9. The first kappa shape index (κ1) is 15.9. The smallest absolute Gasteiger partial charge is 0.251 e. The molecular formula is C18H16FN3O2. The van der Waals surface area contributed by atoms with Crippen molar-refractivity contribution in [3.05, 3.63) is 84.2 Å². The summed E-state index contributed by atoms with van der Waals surface area (Å²) in [6, 6.07) is 13.0. The highest BCUT2D eigenvalue weighted by Crippen LogP contribution is 2.16. The Labute approximate surface area is 138 Å². The quantitative estimate of drug-likeness (QED) is 0.757. The standard InChI is InChI=1S/C18H16FN3O2/c19-16-7-2-1-6-15(16)17(23)11-21-18(24)13-4-3-5-14(10-13)22-9-8-20-12-22/h1-10,12,17,23H,11H2,(H,21,24). The van der Waals surface area contributed by atoms with E-state index in [1.165, 1.54) is 12.1 Å². The Hall–Kier alpha value is -2.99. The van der Waals surface area contributed by atoms with Crippen LogP contribution in [-0.2, 0) is 0 Å². The van der Waals surface area contributed by atoms with Gasteiger partial charge in [-0.1, -0.05) is 24.3 Å². The molecule has 0 aliphatic carbocycles. The van der Waals surface area contributed by atoms with Crippen molar-refractivity contribution >= 4 is 5.91 Å². The molecule has 3 aromatic rings. The number of imidazole rings is 1. The van der Waals surface area contributed by atoms with Crippen LogP contribution in [-0.4, -0.2) is 27.1 Å². The maximum absolute atomic E-state index is 13.6. The number of hydrogen-bond acceptors (Lipinski definition) is 3. The molecule has 0 aliphatic rings. The van der Waals surface area contributed by atoms with Gasteiger partial charge in [-0.3, -0.25) is 4.79 Å². The summed E-state index contributed by atoms with van der Waals surface area (Å²) in [5, 5.41) is 12.7. The summed E-state index contributed by atoms with van der Waals surface area (Å²) in [5.41, 5.74) is 1.40. The summed E-state index contributed by atoms with van der Waals surface area (Å²) in [4.78, 5) is 16.2. The Balaban J connectivity index is 1.67. The molecule has 2 N–H and O–H groups in total. The lowest BCUT2D eigenvalue weighted by atomic mass is 10.1. The van der Waals surface area contributed by atoms with Gasteiger partial charge in [0.15, 0.2) is 0 Å². The third-order valence-corrected chi connectivity index (χ3v) is 3.63. The second-order valence-corrected chi connectivity index (χ2v) is 5.27. The number of halogens is 1. The number of nitrogens with one attached hydrogen (secondary N) is 1. The zero-order valence-corrected chi connectivity index (χ0v) is 12.8. The van der Waals surface area contributed by atoms with Crippen LogP contribution in [0.3, 0.4) is 0 Å². The SMILES string of the molecule is O=C(NCC(O)c1ccccc1F)c1cccc(-n2ccnc2)c1. The normalized spacial score (nSPS) is 11.9. The minimum atomic E-state index is -1.10. The molecule has 3 rings (SSSR count). The largest absolute Gasteiger partial charge is 0.386 e. The first-order valence-corrected chi connectivity index (χ1v) is 7.44. The number of nitrogens with zero attached hydrogens (tertiary/aromatic N) is 2. The Morgan fingerprint density at radius 1 is 1.25 bits per heavy atom. The van der Waals surface area contributed by atoms with Gasteiger partial charge < -0.3 is 15.0 Å². The second-order valence-electron chi connectivity index (χ2n) is 5.27. The van der Waals surface area contributed by atoms with E-state index < -0.39 is 11.9 Å². The number of aliphatic hydroxyl groups excluding tert-OH is 1. The molecule has 6 heteroatoms. The Morgan fingerprint density at radius 2 is 2.08 bits per heavy atom. The van der Waals surface area contributed by atoms with Crippen LogP contribution in [0.4, 0.5) is 4.39 Å². The number of aliphatic hydroxyl groups is 1. The lowest BCUT2D eigenvalue weighted by Crippen LogP contribution is -2.28. The number of carbonyl (C=O) groups is 1. The molecule has 0 saturated carbocycles. The average Bonchev–Trinajstić information content (AvgIpc) is 3.14. The van der Waals surface area contributed by atoms with Gasteiger partial charge in [0.2, 0.25) is 0 Å². The fourth-order valence-electron chi connectivity index (χ4n) is 2.37. The average molecular weight is 325 g/mol. The maximum atomic E-state index is 13.6. The van der Waals surface area contributed by atoms with Crippen LogP contribution in [0.2, 0.25) is 0 Å². The topological polar surface area (TPSA) is 67.2 Å². The van der Waals surface area contributed by atoms with Crippen molar-refractivity contribution in [2.24, 2.45) is 0 Å². The molecule has 0 fully saturated rings. The van der Waals surface area contributed by atoms with Gasteiger partial charge in [-0.15, -0.1) is 0 Å². The first-order valence-electron chi connectivity index (χ1n) is 7.44. The summed E-state index contributed by atoms with van der Waals surface area (Å²) in [6.45, 7) is -0.0743. The summed E-state index contributed by atoms with van der Waals surface area (Å²) >= 11 is 0. The number of hydrogen-bond donors (Lipinski definition) is 2. The molecule has 1 heterocycles. The van der Waals surface area contributed by atoms with Gasteiger partial charge in [0.25, 0.3) is 5.91 Å². The summed E-state index contributed by atoms with van der Waals surface area (Å²) in [7, 11) is 0. The van der Waals surface area contributed by atoms with E-state index in [-0.39, 0.29) is 18.0 Å². The minimum Gasteiger partial charge on any atom is -0.386 e. The van der Waals surface area contributed by atoms with Gasteiger partial charge in [-0.25, -0.2) is 9.37 Å². The van der Waals surface area contributed by atoms with Crippen molar-refractivity contribution in [3.63, 3.8) is 0 Å². The van der Waals surface area contributed by atoms with Gasteiger partial charge >= 0.3 is 0 Å². The molecule has 1 amide bonds. The van der Waals surface area contributed by atoms with Crippen molar-refractivity contribution < 1.29 is 14.3 Å². The third kappa shape index (κ3) is 3.49. The number of rotatable bonds is 5. The molecule has 24 heavy (non-hydrogen) atoms. The van der Waals surface area contributed by atoms with Crippen molar-refractivity contribution in [1.29, 1.82) is 0 Å². The molecule has 0 aliphatic heterocycles. The highest BCUT2D eigenvalue weighted by atomic mass is 19.1. The van der Waals surface area contributed by atoms with Gasteiger partial charge in [0, 0.05) is 35.8 Å². The molecule has 0 bridgehead atoms. The fraction of sp³-hybridized carbons (Fsp3) is 0.111. The van der Waals surface area contributed by atoms with Crippen LogP contribution in [0.15, 0.2) is 67.3 Å². The highest BCUT2D eigenvalue weighted by Gasteiger charge is 2.14. The fourth-order valence-corrected chi connectivity index (χ4v) is 2.37. The maximum Gasteiger partial charge on any atom is 0.251 e. The third-order valence-electron chi connectivity index (χ3n) is 3.63. The zero-order valence-electron chi connectivity index (χ0n) is 12.8. The van der Waals surface area contributed by atoms with Gasteiger partial charge in [0.1, 0.15) is 5.82 Å². The van der Waals surface area contributed by atoms with Crippen LogP contribution in [0.25, 0.3) is 5.69 Å². The van der Waals surface area contributed by atoms with Crippen LogP contribution in [0, 0.1) is 5.82 Å². The van der Waals surface area contributed by atoms with E-state index in [4.69, 9.17) is 0 Å². The molecule has 5 nitrogen and oxygen atoms in total. The molecule has 1 atom stereocenters. The highest BCUT2D eigenvalue weighted by molar-refractivity contribution is 5.94. The van der Waals surface area contributed by atoms with Gasteiger partial charge in [-0.05, 0) is 24.3 Å². The Kier molecular flexibility index (Phi) is 4.67. The van der Waals surface area contributed by atoms with Crippen LogP contribution in [0.1, 0.15) is 22.0 Å². The number of aromatic nitrogens is 2. The molecule has 0 spiro atoms.